The first-order chi connectivity index (χ1) is 8.06. The lowest BCUT2D eigenvalue weighted by atomic mass is 9.81. The van der Waals surface area contributed by atoms with Crippen molar-refractivity contribution < 1.29 is 14.7 Å². The van der Waals surface area contributed by atoms with E-state index in [1.165, 1.54) is 5.56 Å². The Kier molecular flexibility index (Phi) is 3.27. The topological polar surface area (TPSA) is 54.4 Å². The van der Waals surface area contributed by atoms with Gasteiger partial charge in [0.2, 0.25) is 0 Å². The van der Waals surface area contributed by atoms with Crippen molar-refractivity contribution in [2.24, 2.45) is 5.92 Å². The highest BCUT2D eigenvalue weighted by Gasteiger charge is 2.20. The van der Waals surface area contributed by atoms with Crippen LogP contribution in [-0.2, 0) is 17.6 Å². The lowest BCUT2D eigenvalue weighted by molar-refractivity contribution is -0.117. The second-order valence-corrected chi connectivity index (χ2v) is 4.80. The van der Waals surface area contributed by atoms with Crippen molar-refractivity contribution in [1.82, 2.24) is 0 Å². The highest BCUT2D eigenvalue weighted by molar-refractivity contribution is 5.88. The summed E-state index contributed by atoms with van der Waals surface area (Å²) >= 11 is 0. The van der Waals surface area contributed by atoms with E-state index in [-0.39, 0.29) is 5.78 Å². The van der Waals surface area contributed by atoms with Crippen molar-refractivity contribution in [2.75, 3.05) is 0 Å². The zero-order valence-electron chi connectivity index (χ0n) is 9.90. The van der Waals surface area contributed by atoms with E-state index in [1.54, 1.807) is 19.1 Å². The van der Waals surface area contributed by atoms with Crippen LogP contribution in [0.5, 0.6) is 0 Å². The minimum absolute atomic E-state index is 0.237. The van der Waals surface area contributed by atoms with Gasteiger partial charge in [-0.1, -0.05) is 6.07 Å². The number of carbonyl (C=O) groups excluding carboxylic acids is 1. The molecule has 0 aromatic heterocycles. The number of carboxylic acids is 1. The predicted molar refractivity (Wildman–Crippen MR) is 64.2 cm³/mol. The molecule has 0 heterocycles. The molecule has 0 saturated heterocycles. The summed E-state index contributed by atoms with van der Waals surface area (Å²) in [7, 11) is 0. The number of fused-ring (bicyclic) bond motifs is 1. The van der Waals surface area contributed by atoms with E-state index in [2.05, 4.69) is 0 Å². The molecule has 1 aromatic rings. The van der Waals surface area contributed by atoms with Crippen LogP contribution in [-0.4, -0.2) is 16.9 Å². The Morgan fingerprint density at radius 3 is 2.76 bits per heavy atom. The van der Waals surface area contributed by atoms with Crippen LogP contribution in [0.4, 0.5) is 0 Å². The van der Waals surface area contributed by atoms with Crippen molar-refractivity contribution in [3.8, 4) is 0 Å². The summed E-state index contributed by atoms with van der Waals surface area (Å²) in [5.41, 5.74) is 2.69. The maximum atomic E-state index is 11.1. The Morgan fingerprint density at radius 1 is 1.35 bits per heavy atom. The Labute approximate surface area is 100 Å². The molecule has 0 saturated carbocycles. The lowest BCUT2D eigenvalue weighted by Crippen LogP contribution is -2.17. The van der Waals surface area contributed by atoms with Gasteiger partial charge in [0.1, 0.15) is 5.78 Å². The zero-order chi connectivity index (χ0) is 12.4. The van der Waals surface area contributed by atoms with Crippen LogP contribution in [0.15, 0.2) is 18.2 Å². The Balaban J connectivity index is 2.17. The minimum Gasteiger partial charge on any atom is -0.478 e. The molecule has 3 heteroatoms. The van der Waals surface area contributed by atoms with Gasteiger partial charge >= 0.3 is 5.97 Å². The standard InChI is InChI=1S/C14H16O3/c1-9(15)6-10-2-3-12-8-13(14(16)17)5-4-11(12)7-10/h4-5,8,10H,2-3,6-7H2,1H3,(H,16,17). The fraction of sp³-hybridized carbons (Fsp3) is 0.429. The molecule has 1 unspecified atom stereocenters. The van der Waals surface area contributed by atoms with E-state index in [4.69, 9.17) is 5.11 Å². The van der Waals surface area contributed by atoms with Gasteiger partial charge in [-0.15, -0.1) is 0 Å². The van der Waals surface area contributed by atoms with Crippen molar-refractivity contribution in [1.29, 1.82) is 0 Å². The summed E-state index contributed by atoms with van der Waals surface area (Å²) in [5, 5.41) is 8.91. The molecule has 0 aliphatic heterocycles. The molecular formula is C14H16O3. The largest absolute Gasteiger partial charge is 0.478 e. The van der Waals surface area contributed by atoms with Crippen molar-refractivity contribution in [3.63, 3.8) is 0 Å². The smallest absolute Gasteiger partial charge is 0.335 e. The molecular weight excluding hydrogens is 216 g/mol. The summed E-state index contributed by atoms with van der Waals surface area (Å²) < 4.78 is 0. The zero-order valence-corrected chi connectivity index (χ0v) is 9.90. The average molecular weight is 232 g/mol. The van der Waals surface area contributed by atoms with Gasteiger partial charge in [0.05, 0.1) is 5.56 Å². The third kappa shape index (κ3) is 2.73. The summed E-state index contributed by atoms with van der Waals surface area (Å²) in [4.78, 5) is 21.9. The molecule has 17 heavy (non-hydrogen) atoms. The molecule has 1 aromatic carbocycles. The van der Waals surface area contributed by atoms with E-state index in [9.17, 15) is 9.59 Å². The molecule has 0 bridgehead atoms. The van der Waals surface area contributed by atoms with Gasteiger partial charge in [0.15, 0.2) is 0 Å². The van der Waals surface area contributed by atoms with E-state index in [1.807, 2.05) is 6.07 Å². The van der Waals surface area contributed by atoms with Crippen LogP contribution in [0.2, 0.25) is 0 Å². The highest BCUT2D eigenvalue weighted by atomic mass is 16.4. The molecule has 2 rings (SSSR count). The highest BCUT2D eigenvalue weighted by Crippen LogP contribution is 2.28. The number of ketones is 1. The van der Waals surface area contributed by atoms with E-state index in [0.29, 0.717) is 17.9 Å². The number of Topliss-reactive ketones (excluding diaryl/α,β-unsaturated/α-hetero) is 1. The van der Waals surface area contributed by atoms with Crippen LogP contribution in [0.3, 0.4) is 0 Å². The number of aromatic carboxylic acids is 1. The predicted octanol–water partition coefficient (Wildman–Crippen LogP) is 2.47. The van der Waals surface area contributed by atoms with Crippen LogP contribution in [0, 0.1) is 5.92 Å². The summed E-state index contributed by atoms with van der Waals surface area (Å²) in [6, 6.07) is 5.31. The number of carboxylic acid groups (broad SMARTS) is 1. The summed E-state index contributed by atoms with van der Waals surface area (Å²) in [6.45, 7) is 1.63. The van der Waals surface area contributed by atoms with E-state index < -0.39 is 5.97 Å². The maximum absolute atomic E-state index is 11.1. The van der Waals surface area contributed by atoms with Gasteiger partial charge < -0.3 is 9.90 Å². The first-order valence-corrected chi connectivity index (χ1v) is 5.91. The van der Waals surface area contributed by atoms with Gasteiger partial charge in [0.25, 0.3) is 0 Å². The van der Waals surface area contributed by atoms with Crippen LogP contribution in [0.25, 0.3) is 0 Å². The van der Waals surface area contributed by atoms with Crippen LogP contribution >= 0.6 is 0 Å². The third-order valence-corrected chi connectivity index (χ3v) is 3.36. The number of carbonyl (C=O) groups is 2. The third-order valence-electron chi connectivity index (χ3n) is 3.36. The number of hydrogen-bond acceptors (Lipinski definition) is 2. The molecule has 1 aliphatic carbocycles. The Hall–Kier alpha value is -1.64. The quantitative estimate of drug-likeness (QED) is 0.871. The fourth-order valence-electron chi connectivity index (χ4n) is 2.54. The summed E-state index contributed by atoms with van der Waals surface area (Å²) in [6.07, 6.45) is 3.40. The molecule has 0 radical (unpaired) electrons. The van der Waals surface area contributed by atoms with Crippen LogP contribution in [0.1, 0.15) is 41.3 Å². The molecule has 1 N–H and O–H groups in total. The molecule has 0 amide bonds. The van der Waals surface area contributed by atoms with Crippen molar-refractivity contribution in [2.45, 2.75) is 32.6 Å². The minimum atomic E-state index is -0.876. The van der Waals surface area contributed by atoms with Crippen LogP contribution < -0.4 is 0 Å². The SMILES string of the molecule is CC(=O)CC1CCc2cc(C(=O)O)ccc2C1. The fourth-order valence-corrected chi connectivity index (χ4v) is 2.54. The Morgan fingerprint density at radius 2 is 2.12 bits per heavy atom. The second-order valence-electron chi connectivity index (χ2n) is 4.80. The van der Waals surface area contributed by atoms with E-state index >= 15 is 0 Å². The van der Waals surface area contributed by atoms with Crippen molar-refractivity contribution >= 4 is 11.8 Å². The second kappa shape index (κ2) is 4.70. The number of rotatable bonds is 3. The number of hydrogen-bond donors (Lipinski definition) is 1. The molecule has 1 aliphatic rings. The molecule has 1 atom stereocenters. The average Bonchev–Trinajstić information content (AvgIpc) is 2.27. The number of benzene rings is 1. The monoisotopic (exact) mass is 232 g/mol. The molecule has 3 nitrogen and oxygen atoms in total. The van der Waals surface area contributed by atoms with Gasteiger partial charge in [-0.05, 0) is 55.4 Å². The van der Waals surface area contributed by atoms with Gasteiger partial charge in [-0.3, -0.25) is 0 Å². The van der Waals surface area contributed by atoms with Gasteiger partial charge in [0, 0.05) is 6.42 Å². The Bertz CT molecular complexity index is 463. The lowest BCUT2D eigenvalue weighted by Gasteiger charge is -2.24. The number of aryl methyl sites for hydroxylation is 1. The van der Waals surface area contributed by atoms with Crippen molar-refractivity contribution in [3.05, 3.63) is 34.9 Å². The first-order valence-electron chi connectivity index (χ1n) is 5.91. The molecule has 0 spiro atoms. The summed E-state index contributed by atoms with van der Waals surface area (Å²) in [5.74, 6) is -0.213. The van der Waals surface area contributed by atoms with Gasteiger partial charge in [-0.2, -0.15) is 0 Å². The molecule has 90 valence electrons. The van der Waals surface area contributed by atoms with Gasteiger partial charge in [-0.25, -0.2) is 4.79 Å². The normalized spacial score (nSPS) is 18.5. The maximum Gasteiger partial charge on any atom is 0.335 e. The van der Waals surface area contributed by atoms with E-state index in [0.717, 1.165) is 24.8 Å². The molecule has 0 fully saturated rings. The first kappa shape index (κ1) is 11.8.